The van der Waals surface area contributed by atoms with Crippen molar-refractivity contribution in [3.05, 3.63) is 42.4 Å². The number of carbonyl (C=O) groups excluding carboxylic acids is 1. The van der Waals surface area contributed by atoms with Gasteiger partial charge in [-0.2, -0.15) is 4.98 Å². The summed E-state index contributed by atoms with van der Waals surface area (Å²) in [5.41, 5.74) is 1.43. The fourth-order valence-electron chi connectivity index (χ4n) is 3.00. The van der Waals surface area contributed by atoms with Gasteiger partial charge in [0.2, 0.25) is 0 Å². The number of morpholine rings is 1. The Morgan fingerprint density at radius 2 is 2.28 bits per heavy atom. The maximum atomic E-state index is 12.8. The minimum absolute atomic E-state index is 0.242. The number of nitrogens with zero attached hydrogens (tertiary/aromatic N) is 5. The summed E-state index contributed by atoms with van der Waals surface area (Å²) in [6.45, 7) is 4.52. The molecule has 25 heavy (non-hydrogen) atoms. The zero-order chi connectivity index (χ0) is 17.4. The molecular formula is C16H18N6O3. The van der Waals surface area contributed by atoms with Gasteiger partial charge >= 0.3 is 6.03 Å². The first-order valence-corrected chi connectivity index (χ1v) is 8.04. The van der Waals surface area contributed by atoms with Gasteiger partial charge in [0.1, 0.15) is 11.7 Å². The van der Waals surface area contributed by atoms with Crippen LogP contribution in [0.2, 0.25) is 0 Å². The van der Waals surface area contributed by atoms with Crippen molar-refractivity contribution in [1.82, 2.24) is 24.4 Å². The van der Waals surface area contributed by atoms with Crippen molar-refractivity contribution in [2.24, 2.45) is 0 Å². The second-order valence-electron chi connectivity index (χ2n) is 5.93. The molecule has 1 aliphatic rings. The van der Waals surface area contributed by atoms with Crippen LogP contribution in [0.1, 0.15) is 24.7 Å². The number of imidazole rings is 1. The fraction of sp³-hybridized carbons (Fsp3) is 0.375. The summed E-state index contributed by atoms with van der Waals surface area (Å²) in [6.07, 6.45) is 5.16. The van der Waals surface area contributed by atoms with Crippen LogP contribution in [-0.4, -0.2) is 49.7 Å². The van der Waals surface area contributed by atoms with Crippen LogP contribution in [0.5, 0.6) is 0 Å². The zero-order valence-corrected chi connectivity index (χ0v) is 13.9. The molecular weight excluding hydrogens is 324 g/mol. The largest absolute Gasteiger partial charge is 0.374 e. The Bertz CT molecular complexity index is 904. The molecule has 0 aliphatic carbocycles. The third-order valence-electron chi connectivity index (χ3n) is 4.20. The van der Waals surface area contributed by atoms with E-state index in [1.165, 1.54) is 0 Å². The van der Waals surface area contributed by atoms with Crippen LogP contribution < -0.4 is 5.32 Å². The van der Waals surface area contributed by atoms with Gasteiger partial charge in [0.25, 0.3) is 5.89 Å². The lowest BCUT2D eigenvalue weighted by Crippen LogP contribution is -2.49. The van der Waals surface area contributed by atoms with Gasteiger partial charge in [-0.3, -0.25) is 0 Å². The average molecular weight is 342 g/mol. The molecule has 3 aromatic heterocycles. The quantitative estimate of drug-likeness (QED) is 0.765. The predicted octanol–water partition coefficient (Wildman–Crippen LogP) is 2.02. The molecule has 0 aromatic carbocycles. The topological polar surface area (TPSA) is 97.8 Å². The number of hydrogen-bond donors (Lipinski definition) is 1. The maximum Gasteiger partial charge on any atom is 0.322 e. The number of ether oxygens (including phenoxy) is 1. The Morgan fingerprint density at radius 3 is 3.08 bits per heavy atom. The summed E-state index contributed by atoms with van der Waals surface area (Å²) in [7, 11) is 0. The van der Waals surface area contributed by atoms with Crippen LogP contribution >= 0.6 is 0 Å². The summed E-state index contributed by atoms with van der Waals surface area (Å²) in [6, 6.07) is 2.97. The van der Waals surface area contributed by atoms with Gasteiger partial charge in [0, 0.05) is 36.9 Å². The standard InChI is InChI=1S/C16H18N6O3/c1-10-14(15-18-11(2)20-25-15)22(7-8-24-10)16(23)19-12-3-5-21-6-4-17-13(21)9-12/h3-6,9-10,14H,7-8H2,1-2H3,(H,19,23)/t10-,14+/m1/s1. The van der Waals surface area contributed by atoms with Gasteiger partial charge in [0.05, 0.1) is 12.7 Å². The minimum Gasteiger partial charge on any atom is -0.374 e. The summed E-state index contributed by atoms with van der Waals surface area (Å²) in [5.74, 6) is 0.904. The molecule has 2 amide bonds. The normalized spacial score (nSPS) is 20.8. The SMILES string of the molecule is Cc1noc([C@@H]2[C@@H](C)OCCN2C(=O)Nc2ccn3ccnc3c2)n1. The first-order chi connectivity index (χ1) is 12.1. The number of anilines is 1. The van der Waals surface area contributed by atoms with Crippen molar-refractivity contribution >= 4 is 17.4 Å². The van der Waals surface area contributed by atoms with E-state index in [4.69, 9.17) is 9.26 Å². The lowest BCUT2D eigenvalue weighted by Gasteiger charge is -2.37. The molecule has 0 bridgehead atoms. The van der Waals surface area contributed by atoms with Gasteiger partial charge in [-0.25, -0.2) is 9.78 Å². The van der Waals surface area contributed by atoms with E-state index in [1.807, 2.05) is 35.9 Å². The van der Waals surface area contributed by atoms with Crippen molar-refractivity contribution in [1.29, 1.82) is 0 Å². The van der Waals surface area contributed by atoms with Gasteiger partial charge < -0.3 is 23.9 Å². The highest BCUT2D eigenvalue weighted by molar-refractivity contribution is 5.90. The number of aryl methyl sites for hydroxylation is 1. The molecule has 1 fully saturated rings. The number of nitrogens with one attached hydrogen (secondary N) is 1. The lowest BCUT2D eigenvalue weighted by atomic mass is 10.1. The summed E-state index contributed by atoms with van der Waals surface area (Å²) in [5, 5.41) is 6.73. The summed E-state index contributed by atoms with van der Waals surface area (Å²) >= 11 is 0. The fourth-order valence-corrected chi connectivity index (χ4v) is 3.00. The second-order valence-corrected chi connectivity index (χ2v) is 5.93. The number of fused-ring (bicyclic) bond motifs is 1. The molecule has 4 rings (SSSR count). The molecule has 130 valence electrons. The van der Waals surface area contributed by atoms with E-state index >= 15 is 0 Å². The molecule has 9 nitrogen and oxygen atoms in total. The second kappa shape index (κ2) is 6.17. The van der Waals surface area contributed by atoms with Crippen LogP contribution in [0.4, 0.5) is 10.5 Å². The predicted molar refractivity (Wildman–Crippen MR) is 88.1 cm³/mol. The maximum absolute atomic E-state index is 12.8. The molecule has 2 atom stereocenters. The van der Waals surface area contributed by atoms with Crippen molar-refractivity contribution in [3.8, 4) is 0 Å². The van der Waals surface area contributed by atoms with Gasteiger partial charge in [-0.15, -0.1) is 0 Å². The van der Waals surface area contributed by atoms with Gasteiger partial charge in [-0.05, 0) is 19.9 Å². The lowest BCUT2D eigenvalue weighted by molar-refractivity contribution is -0.0525. The van der Waals surface area contributed by atoms with Crippen LogP contribution in [0, 0.1) is 6.92 Å². The van der Waals surface area contributed by atoms with E-state index in [-0.39, 0.29) is 12.1 Å². The molecule has 4 heterocycles. The third kappa shape index (κ3) is 2.93. The highest BCUT2D eigenvalue weighted by Gasteiger charge is 2.37. The van der Waals surface area contributed by atoms with E-state index in [2.05, 4.69) is 20.4 Å². The van der Waals surface area contributed by atoms with Gasteiger partial charge in [-0.1, -0.05) is 5.16 Å². The number of aromatic nitrogens is 4. The van der Waals surface area contributed by atoms with Gasteiger partial charge in [0.15, 0.2) is 5.82 Å². The van der Waals surface area contributed by atoms with E-state index in [1.54, 1.807) is 18.0 Å². The van der Waals surface area contributed by atoms with Crippen LogP contribution in [0.25, 0.3) is 5.65 Å². The van der Waals surface area contributed by atoms with E-state index in [9.17, 15) is 4.79 Å². The summed E-state index contributed by atoms with van der Waals surface area (Å²) < 4.78 is 12.8. The Labute approximate surface area is 143 Å². The Morgan fingerprint density at radius 1 is 1.40 bits per heavy atom. The van der Waals surface area contributed by atoms with Crippen molar-refractivity contribution in [2.75, 3.05) is 18.5 Å². The number of urea groups is 1. The first-order valence-electron chi connectivity index (χ1n) is 8.04. The van der Waals surface area contributed by atoms with Crippen LogP contribution in [0.15, 0.2) is 35.2 Å². The van der Waals surface area contributed by atoms with E-state index in [0.29, 0.717) is 30.6 Å². The molecule has 9 heteroatoms. The number of amides is 2. The molecule has 0 saturated carbocycles. The Hall–Kier alpha value is -2.94. The van der Waals surface area contributed by atoms with Crippen molar-refractivity contribution in [2.45, 2.75) is 26.0 Å². The number of carbonyl (C=O) groups is 1. The number of pyridine rings is 1. The smallest absolute Gasteiger partial charge is 0.322 e. The Kier molecular flexibility index (Phi) is 3.85. The van der Waals surface area contributed by atoms with E-state index < -0.39 is 6.04 Å². The number of rotatable bonds is 2. The Balaban J connectivity index is 1.58. The van der Waals surface area contributed by atoms with E-state index in [0.717, 1.165) is 5.65 Å². The summed E-state index contributed by atoms with van der Waals surface area (Å²) in [4.78, 5) is 23.0. The van der Waals surface area contributed by atoms with Crippen molar-refractivity contribution in [3.63, 3.8) is 0 Å². The monoisotopic (exact) mass is 342 g/mol. The molecule has 1 N–H and O–H groups in total. The zero-order valence-electron chi connectivity index (χ0n) is 13.9. The minimum atomic E-state index is -0.426. The van der Waals surface area contributed by atoms with Crippen LogP contribution in [0.3, 0.4) is 0 Å². The van der Waals surface area contributed by atoms with Crippen molar-refractivity contribution < 1.29 is 14.1 Å². The first kappa shape index (κ1) is 15.6. The molecule has 0 unspecified atom stereocenters. The highest BCUT2D eigenvalue weighted by Crippen LogP contribution is 2.29. The molecule has 1 aliphatic heterocycles. The molecule has 0 radical (unpaired) electrons. The molecule has 3 aromatic rings. The molecule has 1 saturated heterocycles. The van der Waals surface area contributed by atoms with Crippen LogP contribution in [-0.2, 0) is 4.74 Å². The third-order valence-corrected chi connectivity index (χ3v) is 4.20. The highest BCUT2D eigenvalue weighted by atomic mass is 16.5. The average Bonchev–Trinajstić information content (AvgIpc) is 3.22. The number of hydrogen-bond acceptors (Lipinski definition) is 6. The molecule has 0 spiro atoms.